The molecule has 0 N–H and O–H groups in total. The van der Waals surface area contributed by atoms with Crippen molar-refractivity contribution in [3.8, 4) is 0 Å². The van der Waals surface area contributed by atoms with E-state index in [9.17, 15) is 4.79 Å². The van der Waals surface area contributed by atoms with Crippen molar-refractivity contribution in [2.45, 2.75) is 38.0 Å². The van der Waals surface area contributed by atoms with Gasteiger partial charge in [0, 0.05) is 5.92 Å². The third kappa shape index (κ3) is 0.820. The van der Waals surface area contributed by atoms with E-state index in [4.69, 9.17) is 4.74 Å². The zero-order valence-electron chi connectivity index (χ0n) is 7.64. The summed E-state index contributed by atoms with van der Waals surface area (Å²) in [5.41, 5.74) is 0. The van der Waals surface area contributed by atoms with E-state index in [0.717, 1.165) is 6.42 Å². The van der Waals surface area contributed by atoms with Crippen molar-refractivity contribution < 1.29 is 9.53 Å². The highest BCUT2D eigenvalue weighted by molar-refractivity contribution is 5.72. The standard InChI is InChI=1S/C10H13NO2/c1-6-9-7-2-4-8(5-3-7)11(9)10(12)13-6/h2,4,6-9H,3,5H2,1H3/t6-,7+,8-,9+/m1/s1. The minimum Gasteiger partial charge on any atom is -0.444 e. The smallest absolute Gasteiger partial charge is 0.411 e. The van der Waals surface area contributed by atoms with Crippen molar-refractivity contribution in [1.29, 1.82) is 0 Å². The molecule has 4 rings (SSSR count). The molecule has 2 fully saturated rings. The van der Waals surface area contributed by atoms with Crippen LogP contribution in [0.4, 0.5) is 4.79 Å². The number of amides is 1. The lowest BCUT2D eigenvalue weighted by molar-refractivity contribution is 0.115. The quantitative estimate of drug-likeness (QED) is 0.528. The highest BCUT2D eigenvalue weighted by Gasteiger charge is 2.50. The maximum atomic E-state index is 11.5. The Balaban J connectivity index is 2.02. The molecule has 0 aromatic heterocycles. The Morgan fingerprint density at radius 2 is 2.31 bits per heavy atom. The predicted molar refractivity (Wildman–Crippen MR) is 47.2 cm³/mol. The summed E-state index contributed by atoms with van der Waals surface area (Å²) in [5, 5.41) is 0. The molecular weight excluding hydrogens is 166 g/mol. The van der Waals surface area contributed by atoms with Crippen LogP contribution in [0.3, 0.4) is 0 Å². The van der Waals surface area contributed by atoms with E-state index in [1.807, 2.05) is 11.8 Å². The summed E-state index contributed by atoms with van der Waals surface area (Å²) in [6.45, 7) is 2.00. The number of hydrogen-bond acceptors (Lipinski definition) is 2. The molecule has 1 amide bonds. The van der Waals surface area contributed by atoms with E-state index >= 15 is 0 Å². The average molecular weight is 179 g/mol. The van der Waals surface area contributed by atoms with Gasteiger partial charge in [-0.3, -0.25) is 4.90 Å². The number of nitrogens with zero attached hydrogens (tertiary/aromatic N) is 1. The molecule has 3 heteroatoms. The van der Waals surface area contributed by atoms with Crippen molar-refractivity contribution in [3.05, 3.63) is 12.2 Å². The van der Waals surface area contributed by atoms with E-state index in [1.165, 1.54) is 6.42 Å². The lowest BCUT2D eigenvalue weighted by atomic mass is 9.79. The maximum absolute atomic E-state index is 11.5. The normalized spacial score (nSPS) is 46.5. The number of ether oxygens (including phenoxy) is 1. The third-order valence-electron chi connectivity index (χ3n) is 3.47. The van der Waals surface area contributed by atoms with Crippen LogP contribution in [0.5, 0.6) is 0 Å². The van der Waals surface area contributed by atoms with Crippen LogP contribution in [0.2, 0.25) is 0 Å². The summed E-state index contributed by atoms with van der Waals surface area (Å²) < 4.78 is 5.24. The fourth-order valence-electron chi connectivity index (χ4n) is 2.89. The van der Waals surface area contributed by atoms with E-state index in [2.05, 4.69) is 12.2 Å². The Kier molecular flexibility index (Phi) is 1.30. The molecule has 3 nitrogen and oxygen atoms in total. The second-order valence-electron chi connectivity index (χ2n) is 4.18. The van der Waals surface area contributed by atoms with Gasteiger partial charge in [-0.15, -0.1) is 0 Å². The number of cyclic esters (lactones) is 1. The molecule has 1 aliphatic carbocycles. The van der Waals surface area contributed by atoms with Crippen LogP contribution in [0.1, 0.15) is 19.8 Å². The van der Waals surface area contributed by atoms with Gasteiger partial charge in [-0.1, -0.05) is 12.2 Å². The van der Waals surface area contributed by atoms with Gasteiger partial charge in [-0.25, -0.2) is 4.79 Å². The molecule has 4 atom stereocenters. The second-order valence-corrected chi connectivity index (χ2v) is 4.18. The van der Waals surface area contributed by atoms with Gasteiger partial charge in [0.2, 0.25) is 0 Å². The Hall–Kier alpha value is -0.990. The fourth-order valence-corrected chi connectivity index (χ4v) is 2.89. The number of carbonyl (C=O) groups is 1. The highest BCUT2D eigenvalue weighted by Crippen LogP contribution is 2.40. The van der Waals surface area contributed by atoms with Crippen molar-refractivity contribution in [2.24, 2.45) is 5.92 Å². The first-order valence-corrected chi connectivity index (χ1v) is 4.94. The van der Waals surface area contributed by atoms with E-state index in [-0.39, 0.29) is 12.2 Å². The largest absolute Gasteiger partial charge is 0.444 e. The second kappa shape index (κ2) is 2.28. The van der Waals surface area contributed by atoms with Gasteiger partial charge < -0.3 is 4.74 Å². The van der Waals surface area contributed by atoms with Crippen molar-refractivity contribution >= 4 is 6.09 Å². The van der Waals surface area contributed by atoms with Gasteiger partial charge in [0.15, 0.2) is 0 Å². The Morgan fingerprint density at radius 3 is 2.92 bits per heavy atom. The highest BCUT2D eigenvalue weighted by atomic mass is 16.6. The molecule has 0 spiro atoms. The molecule has 4 aliphatic rings. The van der Waals surface area contributed by atoms with Gasteiger partial charge in [-0.05, 0) is 19.8 Å². The third-order valence-corrected chi connectivity index (χ3v) is 3.47. The van der Waals surface area contributed by atoms with Crippen LogP contribution in [0.15, 0.2) is 12.2 Å². The SMILES string of the molecule is C[C@H]1OC(=O)N2[C@@H]1[C@H]1C=C[C@@H]2CC1. The molecule has 3 heterocycles. The zero-order chi connectivity index (χ0) is 9.00. The van der Waals surface area contributed by atoms with Gasteiger partial charge in [0.05, 0.1) is 12.1 Å². The van der Waals surface area contributed by atoms with E-state index in [0.29, 0.717) is 18.0 Å². The number of carbonyl (C=O) groups excluding carboxylic acids is 1. The van der Waals surface area contributed by atoms with Crippen LogP contribution in [0.25, 0.3) is 0 Å². The van der Waals surface area contributed by atoms with Crippen LogP contribution in [-0.4, -0.2) is 29.2 Å². The zero-order valence-corrected chi connectivity index (χ0v) is 7.64. The van der Waals surface area contributed by atoms with Crippen LogP contribution in [0, 0.1) is 5.92 Å². The van der Waals surface area contributed by atoms with Crippen LogP contribution in [-0.2, 0) is 4.74 Å². The lowest BCUT2D eigenvalue weighted by Gasteiger charge is -2.43. The molecule has 2 saturated heterocycles. The van der Waals surface area contributed by atoms with Gasteiger partial charge in [0.1, 0.15) is 6.10 Å². The molecule has 0 radical (unpaired) electrons. The molecule has 0 aromatic carbocycles. The molecule has 2 bridgehead atoms. The Labute approximate surface area is 77.4 Å². The molecule has 0 saturated carbocycles. The molecule has 0 unspecified atom stereocenters. The summed E-state index contributed by atoms with van der Waals surface area (Å²) in [5.74, 6) is 0.534. The fraction of sp³-hybridized carbons (Fsp3) is 0.700. The first-order chi connectivity index (χ1) is 6.27. The van der Waals surface area contributed by atoms with Gasteiger partial charge in [0.25, 0.3) is 0 Å². The number of rotatable bonds is 0. The van der Waals surface area contributed by atoms with E-state index < -0.39 is 0 Å². The lowest BCUT2D eigenvalue weighted by Crippen LogP contribution is -2.52. The van der Waals surface area contributed by atoms with Crippen molar-refractivity contribution in [2.75, 3.05) is 0 Å². The van der Waals surface area contributed by atoms with Crippen LogP contribution < -0.4 is 0 Å². The average Bonchev–Trinajstić information content (AvgIpc) is 2.47. The summed E-state index contributed by atoms with van der Waals surface area (Å²) in [6, 6.07) is 0.628. The van der Waals surface area contributed by atoms with E-state index in [1.54, 1.807) is 0 Å². The molecular formula is C10H13NO2. The summed E-state index contributed by atoms with van der Waals surface area (Å²) in [4.78, 5) is 13.4. The summed E-state index contributed by atoms with van der Waals surface area (Å²) in [7, 11) is 0. The first kappa shape index (κ1) is 7.42. The van der Waals surface area contributed by atoms with Gasteiger partial charge >= 0.3 is 6.09 Å². The minimum absolute atomic E-state index is 0.0743. The van der Waals surface area contributed by atoms with Gasteiger partial charge in [-0.2, -0.15) is 0 Å². The monoisotopic (exact) mass is 179 g/mol. The molecule has 13 heavy (non-hydrogen) atoms. The maximum Gasteiger partial charge on any atom is 0.411 e. The molecule has 70 valence electrons. The van der Waals surface area contributed by atoms with Crippen LogP contribution >= 0.6 is 0 Å². The Bertz CT molecular complexity index is 287. The molecule has 0 aromatic rings. The number of piperidine rings is 1. The molecule has 3 aliphatic heterocycles. The number of fused-ring (bicyclic) bond motifs is 1. The minimum atomic E-state index is -0.114. The Morgan fingerprint density at radius 1 is 1.46 bits per heavy atom. The predicted octanol–water partition coefficient (Wildman–Crippen LogP) is 1.54. The first-order valence-electron chi connectivity index (χ1n) is 4.94. The topological polar surface area (TPSA) is 29.5 Å². The summed E-state index contributed by atoms with van der Waals surface area (Å²) in [6.07, 6.45) is 6.70. The van der Waals surface area contributed by atoms with Crippen molar-refractivity contribution in [1.82, 2.24) is 4.90 Å². The van der Waals surface area contributed by atoms with Crippen molar-refractivity contribution in [3.63, 3.8) is 0 Å². The number of hydrogen-bond donors (Lipinski definition) is 0. The summed E-state index contributed by atoms with van der Waals surface area (Å²) >= 11 is 0.